The minimum Gasteiger partial charge on any atom is -0.334 e. The van der Waals surface area contributed by atoms with Crippen LogP contribution in [0.3, 0.4) is 0 Å². The molecule has 0 aliphatic carbocycles. The second kappa shape index (κ2) is 10.9. The maximum Gasteiger partial charge on any atom is 0.170 e. The molecular weight excluding hydrogens is 207 g/mol. The molecule has 0 rings (SSSR count). The Labute approximate surface area is 96.7 Å². The molecular formula is C12H27O2P. The number of hydrogen-bond donors (Lipinski definition) is 0. The zero-order chi connectivity index (χ0) is 11.5. The van der Waals surface area contributed by atoms with Crippen LogP contribution in [0.25, 0.3) is 0 Å². The van der Waals surface area contributed by atoms with E-state index >= 15 is 0 Å². The van der Waals surface area contributed by atoms with Crippen molar-refractivity contribution in [1.82, 2.24) is 0 Å². The normalized spacial score (nSPS) is 13.4. The predicted molar refractivity (Wildman–Crippen MR) is 68.3 cm³/mol. The van der Waals surface area contributed by atoms with Crippen LogP contribution in [0.1, 0.15) is 53.4 Å². The van der Waals surface area contributed by atoms with E-state index in [0.29, 0.717) is 0 Å². The first-order valence-corrected chi connectivity index (χ1v) is 7.67. The fourth-order valence-corrected chi connectivity index (χ4v) is 3.28. The molecule has 1 atom stereocenters. The molecule has 3 heteroatoms. The summed E-state index contributed by atoms with van der Waals surface area (Å²) in [5.41, 5.74) is 0. The van der Waals surface area contributed by atoms with Crippen molar-refractivity contribution in [2.24, 2.45) is 5.92 Å². The molecule has 0 bridgehead atoms. The first kappa shape index (κ1) is 15.3. The number of unbranched alkanes of at least 4 members (excludes halogenated alkanes) is 1. The van der Waals surface area contributed by atoms with E-state index in [1.165, 1.54) is 25.7 Å². The molecule has 15 heavy (non-hydrogen) atoms. The van der Waals surface area contributed by atoms with Crippen molar-refractivity contribution in [1.29, 1.82) is 0 Å². The van der Waals surface area contributed by atoms with E-state index in [0.717, 1.165) is 25.3 Å². The van der Waals surface area contributed by atoms with E-state index in [1.54, 1.807) is 0 Å². The van der Waals surface area contributed by atoms with E-state index in [9.17, 15) is 0 Å². The Hall–Kier alpha value is 0.350. The van der Waals surface area contributed by atoms with Gasteiger partial charge in [-0.05, 0) is 26.2 Å². The SMILES string of the molecule is CCCCC(CC)CP(OCC)OCC. The fraction of sp³-hybridized carbons (Fsp3) is 1.00. The van der Waals surface area contributed by atoms with Gasteiger partial charge in [0, 0.05) is 6.16 Å². The Morgan fingerprint density at radius 2 is 1.60 bits per heavy atom. The van der Waals surface area contributed by atoms with Crippen molar-refractivity contribution in [2.75, 3.05) is 19.4 Å². The standard InChI is InChI=1S/C12H27O2P/c1-5-9-10-12(6-2)11-15(13-7-3)14-8-4/h12H,5-11H2,1-4H3. The maximum absolute atomic E-state index is 5.64. The Morgan fingerprint density at radius 1 is 1.00 bits per heavy atom. The topological polar surface area (TPSA) is 18.5 Å². The molecule has 0 spiro atoms. The van der Waals surface area contributed by atoms with Gasteiger partial charge in [-0.25, -0.2) is 0 Å². The van der Waals surface area contributed by atoms with Gasteiger partial charge in [-0.15, -0.1) is 0 Å². The Morgan fingerprint density at radius 3 is 2.00 bits per heavy atom. The number of hydrogen-bond acceptors (Lipinski definition) is 2. The third-order valence-electron chi connectivity index (χ3n) is 2.50. The molecule has 0 heterocycles. The average molecular weight is 234 g/mol. The van der Waals surface area contributed by atoms with Gasteiger partial charge in [0.25, 0.3) is 0 Å². The monoisotopic (exact) mass is 234 g/mol. The van der Waals surface area contributed by atoms with Gasteiger partial charge in [-0.1, -0.05) is 33.1 Å². The van der Waals surface area contributed by atoms with Crippen molar-refractivity contribution in [3.05, 3.63) is 0 Å². The minimum atomic E-state index is -0.623. The van der Waals surface area contributed by atoms with Gasteiger partial charge in [-0.3, -0.25) is 0 Å². The molecule has 0 aliphatic rings. The smallest absolute Gasteiger partial charge is 0.170 e. The molecule has 0 saturated carbocycles. The van der Waals surface area contributed by atoms with Crippen LogP contribution >= 0.6 is 8.38 Å². The van der Waals surface area contributed by atoms with Crippen LogP contribution in [-0.2, 0) is 9.05 Å². The summed E-state index contributed by atoms with van der Waals surface area (Å²) in [7, 11) is -0.623. The van der Waals surface area contributed by atoms with Gasteiger partial charge in [0.1, 0.15) is 0 Å². The summed E-state index contributed by atoms with van der Waals surface area (Å²) in [6, 6.07) is 0. The molecule has 0 aliphatic heterocycles. The van der Waals surface area contributed by atoms with Crippen LogP contribution in [0.2, 0.25) is 0 Å². The molecule has 0 aromatic heterocycles. The van der Waals surface area contributed by atoms with Gasteiger partial charge in [0.15, 0.2) is 8.38 Å². The van der Waals surface area contributed by atoms with Gasteiger partial charge in [-0.2, -0.15) is 0 Å². The van der Waals surface area contributed by atoms with E-state index in [1.807, 2.05) is 13.8 Å². The lowest BCUT2D eigenvalue weighted by Gasteiger charge is -2.21. The largest absolute Gasteiger partial charge is 0.334 e. The minimum absolute atomic E-state index is 0.623. The molecule has 0 fully saturated rings. The highest BCUT2D eigenvalue weighted by molar-refractivity contribution is 7.47. The van der Waals surface area contributed by atoms with E-state index in [-0.39, 0.29) is 0 Å². The third-order valence-corrected chi connectivity index (χ3v) is 4.40. The second-order valence-electron chi connectivity index (χ2n) is 3.77. The lowest BCUT2D eigenvalue weighted by atomic mass is 10.0. The van der Waals surface area contributed by atoms with Gasteiger partial charge < -0.3 is 9.05 Å². The van der Waals surface area contributed by atoms with E-state index in [4.69, 9.17) is 9.05 Å². The van der Waals surface area contributed by atoms with Crippen molar-refractivity contribution in [3.63, 3.8) is 0 Å². The van der Waals surface area contributed by atoms with Crippen LogP contribution in [0.5, 0.6) is 0 Å². The molecule has 1 unspecified atom stereocenters. The zero-order valence-corrected chi connectivity index (χ0v) is 11.7. The Bertz CT molecular complexity index is 125. The van der Waals surface area contributed by atoms with E-state index in [2.05, 4.69) is 13.8 Å². The lowest BCUT2D eigenvalue weighted by Crippen LogP contribution is -2.07. The first-order chi connectivity index (χ1) is 7.28. The van der Waals surface area contributed by atoms with Crippen LogP contribution in [0.4, 0.5) is 0 Å². The molecule has 0 amide bonds. The molecule has 0 saturated heterocycles. The summed E-state index contributed by atoms with van der Waals surface area (Å²) in [5, 5.41) is 0. The second-order valence-corrected chi connectivity index (χ2v) is 5.31. The summed E-state index contributed by atoms with van der Waals surface area (Å²) >= 11 is 0. The Kier molecular flexibility index (Phi) is 11.1. The lowest BCUT2D eigenvalue weighted by molar-refractivity contribution is 0.263. The Balaban J connectivity index is 3.85. The van der Waals surface area contributed by atoms with Gasteiger partial charge in [0.05, 0.1) is 13.2 Å². The average Bonchev–Trinajstić information content (AvgIpc) is 2.24. The van der Waals surface area contributed by atoms with Gasteiger partial charge >= 0.3 is 0 Å². The highest BCUT2D eigenvalue weighted by Gasteiger charge is 2.15. The summed E-state index contributed by atoms with van der Waals surface area (Å²) in [5.74, 6) is 0.786. The third kappa shape index (κ3) is 8.19. The molecule has 0 aromatic carbocycles. The van der Waals surface area contributed by atoms with Gasteiger partial charge in [0.2, 0.25) is 0 Å². The van der Waals surface area contributed by atoms with Crippen molar-refractivity contribution < 1.29 is 9.05 Å². The first-order valence-electron chi connectivity index (χ1n) is 6.31. The number of rotatable bonds is 10. The summed E-state index contributed by atoms with van der Waals surface area (Å²) in [6.07, 6.45) is 6.32. The van der Waals surface area contributed by atoms with Crippen molar-refractivity contribution in [3.8, 4) is 0 Å². The van der Waals surface area contributed by atoms with Crippen LogP contribution in [0, 0.1) is 5.92 Å². The van der Waals surface area contributed by atoms with Crippen LogP contribution < -0.4 is 0 Å². The maximum atomic E-state index is 5.64. The zero-order valence-electron chi connectivity index (χ0n) is 10.8. The van der Waals surface area contributed by atoms with Crippen molar-refractivity contribution >= 4 is 8.38 Å². The highest BCUT2D eigenvalue weighted by atomic mass is 31.2. The summed E-state index contributed by atoms with van der Waals surface area (Å²) in [4.78, 5) is 0. The van der Waals surface area contributed by atoms with Crippen LogP contribution in [0.15, 0.2) is 0 Å². The summed E-state index contributed by atoms with van der Waals surface area (Å²) in [6.45, 7) is 10.2. The molecule has 92 valence electrons. The summed E-state index contributed by atoms with van der Waals surface area (Å²) < 4.78 is 11.3. The molecule has 2 nitrogen and oxygen atoms in total. The quantitative estimate of drug-likeness (QED) is 0.515. The molecule has 0 radical (unpaired) electrons. The molecule has 0 N–H and O–H groups in total. The highest BCUT2D eigenvalue weighted by Crippen LogP contribution is 2.41. The molecule has 0 aromatic rings. The van der Waals surface area contributed by atoms with E-state index < -0.39 is 8.38 Å². The van der Waals surface area contributed by atoms with Crippen molar-refractivity contribution in [2.45, 2.75) is 53.4 Å². The van der Waals surface area contributed by atoms with Crippen LogP contribution in [-0.4, -0.2) is 19.4 Å². The predicted octanol–water partition coefficient (Wildman–Crippen LogP) is 4.59. The fourth-order valence-electron chi connectivity index (χ4n) is 1.56.